The second kappa shape index (κ2) is 5.50. The van der Waals surface area contributed by atoms with Crippen molar-refractivity contribution < 1.29 is 0 Å². The summed E-state index contributed by atoms with van der Waals surface area (Å²) in [6, 6.07) is 9.55. The van der Waals surface area contributed by atoms with Crippen LogP contribution in [-0.4, -0.2) is 12.6 Å². The van der Waals surface area contributed by atoms with Gasteiger partial charge in [0.05, 0.1) is 0 Å². The summed E-state index contributed by atoms with van der Waals surface area (Å²) in [5, 5.41) is 3.60. The van der Waals surface area contributed by atoms with Crippen molar-refractivity contribution in [3.05, 3.63) is 41.0 Å². The molecule has 0 aromatic heterocycles. The molecule has 92 valence electrons. The van der Waals surface area contributed by atoms with E-state index in [2.05, 4.69) is 56.4 Å². The van der Waals surface area contributed by atoms with Gasteiger partial charge in [-0.05, 0) is 31.2 Å². The molecule has 0 radical (unpaired) electrons. The topological polar surface area (TPSA) is 12.0 Å². The minimum atomic E-state index is 0.613. The minimum absolute atomic E-state index is 0.613. The van der Waals surface area contributed by atoms with Crippen molar-refractivity contribution in [2.75, 3.05) is 6.54 Å². The average Bonchev–Trinajstić information content (AvgIpc) is 3.10. The van der Waals surface area contributed by atoms with Crippen LogP contribution in [0, 0.1) is 12.8 Å². The molecule has 1 fully saturated rings. The van der Waals surface area contributed by atoms with E-state index in [9.17, 15) is 0 Å². The van der Waals surface area contributed by atoms with Crippen LogP contribution in [0.2, 0.25) is 0 Å². The monoisotopic (exact) mass is 229 g/mol. The Morgan fingerprint density at radius 1 is 1.29 bits per heavy atom. The van der Waals surface area contributed by atoms with Gasteiger partial charge >= 0.3 is 0 Å². The highest BCUT2D eigenvalue weighted by Crippen LogP contribution is 2.21. The van der Waals surface area contributed by atoms with E-state index in [0.29, 0.717) is 5.92 Å². The number of aryl methyl sites for hydroxylation is 1. The van der Waals surface area contributed by atoms with E-state index in [1.165, 1.54) is 29.5 Å². The Bertz CT molecular complexity index is 382. The van der Waals surface area contributed by atoms with E-state index in [4.69, 9.17) is 0 Å². The fraction of sp³-hybridized carbons (Fsp3) is 0.500. The molecule has 1 saturated carbocycles. The van der Waals surface area contributed by atoms with Gasteiger partial charge in [0.25, 0.3) is 0 Å². The van der Waals surface area contributed by atoms with Crippen LogP contribution in [0.1, 0.15) is 37.8 Å². The molecule has 1 aromatic carbocycles. The van der Waals surface area contributed by atoms with Crippen molar-refractivity contribution in [2.24, 2.45) is 5.92 Å². The van der Waals surface area contributed by atoms with Gasteiger partial charge in [0.15, 0.2) is 0 Å². The van der Waals surface area contributed by atoms with Crippen LogP contribution in [0.5, 0.6) is 0 Å². The Kier molecular flexibility index (Phi) is 4.01. The van der Waals surface area contributed by atoms with E-state index in [0.717, 1.165) is 12.6 Å². The maximum Gasteiger partial charge on any atom is 0.0173 e. The highest BCUT2D eigenvalue weighted by molar-refractivity contribution is 5.54. The highest BCUT2D eigenvalue weighted by atomic mass is 14.9. The fourth-order valence-corrected chi connectivity index (χ4v) is 1.85. The summed E-state index contributed by atoms with van der Waals surface area (Å²) in [6.45, 7) is 7.71. The summed E-state index contributed by atoms with van der Waals surface area (Å²) >= 11 is 0. The third-order valence-corrected chi connectivity index (χ3v) is 3.34. The molecule has 2 rings (SSSR count). The van der Waals surface area contributed by atoms with Gasteiger partial charge in [0, 0.05) is 12.6 Å². The summed E-state index contributed by atoms with van der Waals surface area (Å²) in [5.74, 6) is 0.613. The van der Waals surface area contributed by atoms with Crippen LogP contribution in [0.15, 0.2) is 29.8 Å². The van der Waals surface area contributed by atoms with Gasteiger partial charge in [-0.15, -0.1) is 0 Å². The van der Waals surface area contributed by atoms with Crippen molar-refractivity contribution >= 4 is 6.08 Å². The van der Waals surface area contributed by atoms with E-state index in [1.54, 1.807) is 0 Å². The molecule has 0 aliphatic heterocycles. The summed E-state index contributed by atoms with van der Waals surface area (Å²) in [5.41, 5.74) is 4.14. The number of nitrogens with one attached hydrogen (secondary N) is 1. The Labute approximate surface area is 105 Å². The Hall–Kier alpha value is -1.08. The molecule has 1 aliphatic rings. The van der Waals surface area contributed by atoms with Gasteiger partial charge < -0.3 is 5.32 Å². The fourth-order valence-electron chi connectivity index (χ4n) is 1.85. The number of rotatable bonds is 5. The maximum absolute atomic E-state index is 3.60. The van der Waals surface area contributed by atoms with Crippen molar-refractivity contribution in [2.45, 2.75) is 39.7 Å². The number of hydrogen-bond acceptors (Lipinski definition) is 1. The molecule has 0 saturated heterocycles. The van der Waals surface area contributed by atoms with Gasteiger partial charge in [0.2, 0.25) is 0 Å². The molecule has 0 atom stereocenters. The van der Waals surface area contributed by atoms with E-state index >= 15 is 0 Å². The molecular weight excluding hydrogens is 206 g/mol. The summed E-state index contributed by atoms with van der Waals surface area (Å²) in [6.07, 6.45) is 5.05. The largest absolute Gasteiger partial charge is 0.310 e. The van der Waals surface area contributed by atoms with Crippen LogP contribution in [0.4, 0.5) is 0 Å². The van der Waals surface area contributed by atoms with Crippen LogP contribution < -0.4 is 5.32 Å². The highest BCUT2D eigenvalue weighted by Gasteiger charge is 2.20. The first-order chi connectivity index (χ1) is 8.15. The molecule has 1 aliphatic carbocycles. The molecule has 0 bridgehead atoms. The quantitative estimate of drug-likeness (QED) is 0.810. The first-order valence-electron chi connectivity index (χ1n) is 6.65. The van der Waals surface area contributed by atoms with E-state index in [-0.39, 0.29) is 0 Å². The van der Waals surface area contributed by atoms with Gasteiger partial charge in [-0.1, -0.05) is 55.3 Å². The predicted molar refractivity (Wildman–Crippen MR) is 75.0 cm³/mol. The third-order valence-electron chi connectivity index (χ3n) is 3.34. The molecular formula is C16H23N. The summed E-state index contributed by atoms with van der Waals surface area (Å²) in [4.78, 5) is 0. The molecule has 0 amide bonds. The van der Waals surface area contributed by atoms with Crippen LogP contribution in [0.25, 0.3) is 6.08 Å². The van der Waals surface area contributed by atoms with Gasteiger partial charge in [-0.25, -0.2) is 0 Å². The first-order valence-corrected chi connectivity index (χ1v) is 6.65. The lowest BCUT2D eigenvalue weighted by Crippen LogP contribution is -2.21. The predicted octanol–water partition coefficient (Wildman–Crippen LogP) is 3.79. The third kappa shape index (κ3) is 4.01. The van der Waals surface area contributed by atoms with Gasteiger partial charge in [0.1, 0.15) is 0 Å². The summed E-state index contributed by atoms with van der Waals surface area (Å²) < 4.78 is 0. The lowest BCUT2D eigenvalue weighted by atomic mass is 10.00. The molecule has 1 heteroatoms. The zero-order valence-electron chi connectivity index (χ0n) is 11.2. The maximum atomic E-state index is 3.60. The SMILES string of the molecule is Cc1ccc(C=C(CNC2CC2)C(C)C)cc1. The molecule has 1 N–H and O–H groups in total. The van der Waals surface area contributed by atoms with Crippen molar-refractivity contribution in [1.82, 2.24) is 5.32 Å². The molecule has 17 heavy (non-hydrogen) atoms. The molecule has 1 aromatic rings. The summed E-state index contributed by atoms with van der Waals surface area (Å²) in [7, 11) is 0. The van der Waals surface area contributed by atoms with Crippen molar-refractivity contribution in [3.8, 4) is 0 Å². The zero-order chi connectivity index (χ0) is 12.3. The van der Waals surface area contributed by atoms with Gasteiger partial charge in [-0.2, -0.15) is 0 Å². The number of hydrogen-bond donors (Lipinski definition) is 1. The zero-order valence-corrected chi connectivity index (χ0v) is 11.2. The van der Waals surface area contributed by atoms with E-state index in [1.807, 2.05) is 0 Å². The minimum Gasteiger partial charge on any atom is -0.310 e. The Morgan fingerprint density at radius 3 is 2.47 bits per heavy atom. The first kappa shape index (κ1) is 12.4. The second-order valence-electron chi connectivity index (χ2n) is 5.44. The molecule has 0 unspecified atom stereocenters. The van der Waals surface area contributed by atoms with Gasteiger partial charge in [-0.3, -0.25) is 0 Å². The lowest BCUT2D eigenvalue weighted by molar-refractivity contribution is 0.662. The molecule has 0 heterocycles. The molecule has 0 spiro atoms. The van der Waals surface area contributed by atoms with Crippen LogP contribution in [0.3, 0.4) is 0 Å². The van der Waals surface area contributed by atoms with Crippen LogP contribution in [-0.2, 0) is 0 Å². The van der Waals surface area contributed by atoms with Crippen LogP contribution >= 0.6 is 0 Å². The smallest absolute Gasteiger partial charge is 0.0173 e. The average molecular weight is 229 g/mol. The normalized spacial score (nSPS) is 16.6. The van der Waals surface area contributed by atoms with Crippen molar-refractivity contribution in [1.29, 1.82) is 0 Å². The lowest BCUT2D eigenvalue weighted by Gasteiger charge is -2.12. The number of benzene rings is 1. The van der Waals surface area contributed by atoms with E-state index < -0.39 is 0 Å². The Morgan fingerprint density at radius 2 is 1.94 bits per heavy atom. The standard InChI is InChI=1S/C16H23N/c1-12(2)15(11-17-16-8-9-16)10-14-6-4-13(3)5-7-14/h4-7,10,12,16-17H,8-9,11H2,1-3H3. The van der Waals surface area contributed by atoms with Crippen molar-refractivity contribution in [3.63, 3.8) is 0 Å². The second-order valence-corrected chi connectivity index (χ2v) is 5.44. The Balaban J connectivity index is 2.04. The molecule has 1 nitrogen and oxygen atoms in total.